The van der Waals surface area contributed by atoms with Gasteiger partial charge in [-0.25, -0.2) is 0 Å². The van der Waals surface area contributed by atoms with E-state index in [9.17, 15) is 5.11 Å². The fourth-order valence-electron chi connectivity index (χ4n) is 2.81. The van der Waals surface area contributed by atoms with Crippen molar-refractivity contribution in [3.05, 3.63) is 48.5 Å². The Balaban J connectivity index is 2.47. The molecule has 0 unspecified atom stereocenters. The van der Waals surface area contributed by atoms with Crippen LogP contribution in [0.3, 0.4) is 0 Å². The standard InChI is InChI=1S/C16H11NO/c17-13-7-3-9-1-2-10-4-8-14(18)12-6-5-11(13)15(9)16(10)12/h1-8,18H,17H2. The van der Waals surface area contributed by atoms with E-state index in [1.165, 1.54) is 0 Å². The van der Waals surface area contributed by atoms with E-state index < -0.39 is 0 Å². The number of phenols is 1. The van der Waals surface area contributed by atoms with Crippen molar-refractivity contribution in [2.45, 2.75) is 0 Å². The first-order valence-corrected chi connectivity index (χ1v) is 5.91. The van der Waals surface area contributed by atoms with Crippen molar-refractivity contribution in [1.29, 1.82) is 0 Å². The van der Waals surface area contributed by atoms with Gasteiger partial charge in [0.05, 0.1) is 0 Å². The number of rotatable bonds is 0. The van der Waals surface area contributed by atoms with Crippen LogP contribution in [0.2, 0.25) is 0 Å². The van der Waals surface area contributed by atoms with E-state index in [0.29, 0.717) is 5.75 Å². The molecule has 2 nitrogen and oxygen atoms in total. The predicted molar refractivity (Wildman–Crippen MR) is 76.2 cm³/mol. The first kappa shape index (κ1) is 9.54. The third-order valence-electron chi connectivity index (χ3n) is 3.68. The molecule has 0 radical (unpaired) electrons. The molecule has 4 aromatic carbocycles. The summed E-state index contributed by atoms with van der Waals surface area (Å²) in [5, 5.41) is 16.4. The van der Waals surface area contributed by atoms with E-state index >= 15 is 0 Å². The summed E-state index contributed by atoms with van der Waals surface area (Å²) in [6.07, 6.45) is 0. The van der Waals surface area contributed by atoms with Gasteiger partial charge in [0.15, 0.2) is 0 Å². The Morgan fingerprint density at radius 1 is 0.667 bits per heavy atom. The zero-order valence-corrected chi connectivity index (χ0v) is 9.64. The third-order valence-corrected chi connectivity index (χ3v) is 3.68. The lowest BCUT2D eigenvalue weighted by atomic mass is 9.93. The van der Waals surface area contributed by atoms with Crippen LogP contribution >= 0.6 is 0 Å². The van der Waals surface area contributed by atoms with Gasteiger partial charge in [-0.2, -0.15) is 0 Å². The lowest BCUT2D eigenvalue weighted by molar-refractivity contribution is 0.482. The van der Waals surface area contributed by atoms with Gasteiger partial charge in [0, 0.05) is 21.8 Å². The zero-order chi connectivity index (χ0) is 12.3. The number of anilines is 1. The average Bonchev–Trinajstić information content (AvgIpc) is 2.40. The van der Waals surface area contributed by atoms with E-state index in [1.54, 1.807) is 6.07 Å². The van der Waals surface area contributed by atoms with Gasteiger partial charge in [-0.15, -0.1) is 0 Å². The minimum Gasteiger partial charge on any atom is -0.507 e. The molecule has 0 aliphatic rings. The highest BCUT2D eigenvalue weighted by molar-refractivity contribution is 6.25. The molecule has 0 aromatic heterocycles. The summed E-state index contributed by atoms with van der Waals surface area (Å²) in [5.74, 6) is 0.319. The summed E-state index contributed by atoms with van der Waals surface area (Å²) in [7, 11) is 0. The Bertz CT molecular complexity index is 821. The first-order chi connectivity index (χ1) is 8.75. The van der Waals surface area contributed by atoms with Crippen molar-refractivity contribution in [2.24, 2.45) is 0 Å². The van der Waals surface area contributed by atoms with Crippen molar-refractivity contribution in [2.75, 3.05) is 5.73 Å². The Morgan fingerprint density at radius 2 is 1.22 bits per heavy atom. The van der Waals surface area contributed by atoms with E-state index in [-0.39, 0.29) is 0 Å². The molecular formula is C16H11NO. The van der Waals surface area contributed by atoms with Gasteiger partial charge in [0.2, 0.25) is 0 Å². The molecule has 0 atom stereocenters. The molecule has 4 rings (SSSR count). The van der Waals surface area contributed by atoms with Gasteiger partial charge in [0.25, 0.3) is 0 Å². The van der Waals surface area contributed by atoms with Crippen molar-refractivity contribution >= 4 is 38.0 Å². The molecule has 0 saturated carbocycles. The second-order valence-corrected chi connectivity index (χ2v) is 4.66. The summed E-state index contributed by atoms with van der Waals surface area (Å²) in [6, 6.07) is 15.8. The number of nitrogens with two attached hydrogens (primary N) is 1. The molecule has 0 bridgehead atoms. The van der Waals surface area contributed by atoms with Crippen LogP contribution in [0, 0.1) is 0 Å². The quantitative estimate of drug-likeness (QED) is 0.357. The van der Waals surface area contributed by atoms with E-state index in [2.05, 4.69) is 12.1 Å². The SMILES string of the molecule is Nc1ccc2ccc3ccc(O)c4ccc1c2c34. The minimum absolute atomic E-state index is 0.319. The largest absolute Gasteiger partial charge is 0.507 e. The highest BCUT2D eigenvalue weighted by Crippen LogP contribution is 2.39. The van der Waals surface area contributed by atoms with Crippen LogP contribution in [0.4, 0.5) is 5.69 Å². The molecular weight excluding hydrogens is 222 g/mol. The normalized spacial score (nSPS) is 11.8. The van der Waals surface area contributed by atoms with Crippen molar-refractivity contribution in [3.63, 3.8) is 0 Å². The Kier molecular flexibility index (Phi) is 1.61. The van der Waals surface area contributed by atoms with Crippen molar-refractivity contribution in [3.8, 4) is 5.75 Å². The van der Waals surface area contributed by atoms with Gasteiger partial charge in [-0.1, -0.05) is 30.3 Å². The van der Waals surface area contributed by atoms with Crippen LogP contribution in [0.5, 0.6) is 5.75 Å². The lowest BCUT2D eigenvalue weighted by Gasteiger charge is -2.12. The number of hydrogen-bond donors (Lipinski definition) is 2. The summed E-state index contributed by atoms with van der Waals surface area (Å²) >= 11 is 0. The third kappa shape index (κ3) is 1.02. The molecule has 18 heavy (non-hydrogen) atoms. The summed E-state index contributed by atoms with van der Waals surface area (Å²) in [4.78, 5) is 0. The topological polar surface area (TPSA) is 46.2 Å². The molecule has 0 amide bonds. The van der Waals surface area contributed by atoms with E-state index in [0.717, 1.165) is 38.0 Å². The molecule has 0 fully saturated rings. The monoisotopic (exact) mass is 233 g/mol. The fourth-order valence-corrected chi connectivity index (χ4v) is 2.81. The van der Waals surface area contributed by atoms with Crippen molar-refractivity contribution < 1.29 is 5.11 Å². The Hall–Kier alpha value is -2.48. The molecule has 3 N–H and O–H groups in total. The molecule has 0 aliphatic carbocycles. The van der Waals surface area contributed by atoms with Gasteiger partial charge < -0.3 is 10.8 Å². The van der Waals surface area contributed by atoms with Crippen LogP contribution in [0.1, 0.15) is 0 Å². The number of nitrogen functional groups attached to an aromatic ring is 1. The second-order valence-electron chi connectivity index (χ2n) is 4.66. The molecule has 2 heteroatoms. The number of benzene rings is 4. The number of hydrogen-bond acceptors (Lipinski definition) is 2. The van der Waals surface area contributed by atoms with Crippen LogP contribution in [-0.4, -0.2) is 5.11 Å². The lowest BCUT2D eigenvalue weighted by Crippen LogP contribution is -1.89. The first-order valence-electron chi connectivity index (χ1n) is 5.91. The smallest absolute Gasteiger partial charge is 0.123 e. The maximum atomic E-state index is 9.98. The summed E-state index contributed by atoms with van der Waals surface area (Å²) < 4.78 is 0. The van der Waals surface area contributed by atoms with Gasteiger partial charge in [-0.05, 0) is 34.4 Å². The van der Waals surface area contributed by atoms with Crippen LogP contribution in [0.15, 0.2) is 48.5 Å². The maximum Gasteiger partial charge on any atom is 0.123 e. The van der Waals surface area contributed by atoms with E-state index in [1.807, 2.05) is 30.3 Å². The second kappa shape index (κ2) is 3.05. The summed E-state index contributed by atoms with van der Waals surface area (Å²) in [5.41, 5.74) is 6.82. The molecule has 0 heterocycles. The molecule has 0 saturated heterocycles. The zero-order valence-electron chi connectivity index (χ0n) is 9.64. The summed E-state index contributed by atoms with van der Waals surface area (Å²) in [6.45, 7) is 0. The maximum absolute atomic E-state index is 9.98. The molecule has 4 aromatic rings. The minimum atomic E-state index is 0.319. The number of phenolic OH excluding ortho intramolecular Hbond substituents is 1. The van der Waals surface area contributed by atoms with Gasteiger partial charge in [0.1, 0.15) is 5.75 Å². The Morgan fingerprint density at radius 3 is 2.00 bits per heavy atom. The van der Waals surface area contributed by atoms with E-state index in [4.69, 9.17) is 5.73 Å². The highest BCUT2D eigenvalue weighted by Gasteiger charge is 2.11. The number of aromatic hydroxyl groups is 1. The fraction of sp³-hybridized carbons (Fsp3) is 0. The molecule has 0 aliphatic heterocycles. The Labute approximate surface area is 104 Å². The van der Waals surface area contributed by atoms with Gasteiger partial charge in [-0.3, -0.25) is 0 Å². The van der Waals surface area contributed by atoms with Crippen molar-refractivity contribution in [1.82, 2.24) is 0 Å². The predicted octanol–water partition coefficient (Wildman–Crippen LogP) is 3.87. The van der Waals surface area contributed by atoms with Crippen LogP contribution in [-0.2, 0) is 0 Å². The average molecular weight is 233 g/mol. The van der Waals surface area contributed by atoms with Gasteiger partial charge >= 0.3 is 0 Å². The molecule has 0 spiro atoms. The van der Waals surface area contributed by atoms with Crippen LogP contribution in [0.25, 0.3) is 32.3 Å². The van der Waals surface area contributed by atoms with Crippen LogP contribution < -0.4 is 5.73 Å². The molecule has 86 valence electrons. The highest BCUT2D eigenvalue weighted by atomic mass is 16.3.